The molecule has 2 aromatic carbocycles. The minimum absolute atomic E-state index is 0.0784. The monoisotopic (exact) mass is 461 g/mol. The number of carbonyl (C=O) groups is 3. The van der Waals surface area contributed by atoms with Crippen LogP contribution in [-0.4, -0.2) is 50.9 Å². The highest BCUT2D eigenvalue weighted by Gasteiger charge is 2.51. The number of alkyl carbamates (subject to hydrolysis) is 1. The van der Waals surface area contributed by atoms with Crippen molar-refractivity contribution in [2.24, 2.45) is 5.73 Å². The molecule has 0 saturated carbocycles. The van der Waals surface area contributed by atoms with Crippen molar-refractivity contribution in [3.05, 3.63) is 90.0 Å². The van der Waals surface area contributed by atoms with Gasteiger partial charge in [0.05, 0.1) is 12.0 Å². The molecule has 4 rings (SSSR count). The van der Waals surface area contributed by atoms with E-state index >= 15 is 0 Å². The lowest BCUT2D eigenvalue weighted by atomic mass is 9.89. The van der Waals surface area contributed by atoms with E-state index in [9.17, 15) is 14.4 Å². The van der Waals surface area contributed by atoms with Gasteiger partial charge in [-0.1, -0.05) is 60.7 Å². The molecule has 34 heavy (non-hydrogen) atoms. The van der Waals surface area contributed by atoms with Crippen LogP contribution in [-0.2, 0) is 33.8 Å². The van der Waals surface area contributed by atoms with Crippen molar-refractivity contribution in [3.63, 3.8) is 0 Å². The van der Waals surface area contributed by atoms with Gasteiger partial charge < -0.3 is 25.7 Å². The average molecular weight is 462 g/mol. The third-order valence-corrected chi connectivity index (χ3v) is 6.01. The van der Waals surface area contributed by atoms with E-state index in [2.05, 4.69) is 15.3 Å². The van der Waals surface area contributed by atoms with Gasteiger partial charge in [-0.2, -0.15) is 0 Å². The van der Waals surface area contributed by atoms with Crippen LogP contribution in [0.1, 0.15) is 23.2 Å². The highest BCUT2D eigenvalue weighted by molar-refractivity contribution is 5.95. The number of hydrogen-bond acceptors (Lipinski definition) is 5. The Morgan fingerprint density at radius 2 is 1.79 bits per heavy atom. The molecule has 3 amide bonds. The summed E-state index contributed by atoms with van der Waals surface area (Å²) in [5.74, 6) is -0.995. The molecule has 1 fully saturated rings. The molecule has 2 atom stereocenters. The number of amides is 3. The Bertz CT molecular complexity index is 1120. The summed E-state index contributed by atoms with van der Waals surface area (Å²) in [5.41, 5.74) is 6.74. The smallest absolute Gasteiger partial charge is 0.408 e. The average Bonchev–Trinajstić information content (AvgIpc) is 3.46. The SMILES string of the molecule is NC(=O)C(Cc1c[nH]cn1)N1CCC(Cc2ccccc2)(NC(=O)OCc2ccccc2)C1=O. The van der Waals surface area contributed by atoms with Crippen molar-refractivity contribution in [1.29, 1.82) is 0 Å². The number of aromatic nitrogens is 2. The molecule has 0 bridgehead atoms. The van der Waals surface area contributed by atoms with Crippen molar-refractivity contribution < 1.29 is 19.1 Å². The maximum absolute atomic E-state index is 13.7. The van der Waals surface area contributed by atoms with Gasteiger partial charge in [0.1, 0.15) is 18.2 Å². The number of carbonyl (C=O) groups excluding carboxylic acids is 3. The number of nitrogens with zero attached hydrogens (tertiary/aromatic N) is 2. The van der Waals surface area contributed by atoms with Gasteiger partial charge in [0.15, 0.2) is 0 Å². The topological polar surface area (TPSA) is 130 Å². The van der Waals surface area contributed by atoms with Crippen LogP contribution in [0.5, 0.6) is 0 Å². The summed E-state index contributed by atoms with van der Waals surface area (Å²) in [6.45, 7) is 0.345. The maximum atomic E-state index is 13.7. The molecule has 1 saturated heterocycles. The molecule has 9 heteroatoms. The van der Waals surface area contributed by atoms with Crippen LogP contribution in [0.3, 0.4) is 0 Å². The second kappa shape index (κ2) is 10.2. The van der Waals surface area contributed by atoms with Crippen LogP contribution < -0.4 is 11.1 Å². The number of likely N-dealkylation sites (tertiary alicyclic amines) is 1. The van der Waals surface area contributed by atoms with Crippen molar-refractivity contribution in [3.8, 4) is 0 Å². The Labute approximate surface area is 197 Å². The fourth-order valence-electron chi connectivity index (χ4n) is 4.28. The van der Waals surface area contributed by atoms with Gasteiger partial charge in [0.25, 0.3) is 0 Å². The van der Waals surface area contributed by atoms with E-state index in [1.165, 1.54) is 11.2 Å². The lowest BCUT2D eigenvalue weighted by Gasteiger charge is -2.31. The Morgan fingerprint density at radius 3 is 2.41 bits per heavy atom. The fraction of sp³-hybridized carbons (Fsp3) is 0.280. The second-order valence-corrected chi connectivity index (χ2v) is 8.36. The highest BCUT2D eigenvalue weighted by Crippen LogP contribution is 2.30. The largest absolute Gasteiger partial charge is 0.445 e. The quantitative estimate of drug-likeness (QED) is 0.448. The van der Waals surface area contributed by atoms with Gasteiger partial charge >= 0.3 is 6.09 Å². The number of aromatic amines is 1. The summed E-state index contributed by atoms with van der Waals surface area (Å²) >= 11 is 0. The summed E-state index contributed by atoms with van der Waals surface area (Å²) in [6, 6.07) is 17.8. The molecular weight excluding hydrogens is 434 g/mol. The van der Waals surface area contributed by atoms with Crippen molar-refractivity contribution in [2.45, 2.75) is 37.5 Å². The van der Waals surface area contributed by atoms with E-state index in [0.717, 1.165) is 11.1 Å². The molecule has 4 N–H and O–H groups in total. The van der Waals surface area contributed by atoms with Crippen LogP contribution in [0.4, 0.5) is 4.79 Å². The zero-order valence-corrected chi connectivity index (χ0v) is 18.6. The van der Waals surface area contributed by atoms with Crippen LogP contribution in [0.2, 0.25) is 0 Å². The number of imidazole rings is 1. The molecule has 0 aliphatic carbocycles. The van der Waals surface area contributed by atoms with E-state index in [1.54, 1.807) is 6.20 Å². The number of benzene rings is 2. The van der Waals surface area contributed by atoms with E-state index in [0.29, 0.717) is 12.1 Å². The predicted molar refractivity (Wildman–Crippen MR) is 124 cm³/mol. The summed E-state index contributed by atoms with van der Waals surface area (Å²) in [5, 5.41) is 2.82. The minimum atomic E-state index is -1.26. The normalized spacial score (nSPS) is 18.5. The molecule has 2 heterocycles. The number of H-pyrrole nitrogens is 1. The molecule has 0 radical (unpaired) electrons. The zero-order chi connectivity index (χ0) is 24.0. The minimum Gasteiger partial charge on any atom is -0.445 e. The first kappa shape index (κ1) is 23.0. The number of rotatable bonds is 9. The number of hydrogen-bond donors (Lipinski definition) is 3. The van der Waals surface area contributed by atoms with Crippen molar-refractivity contribution in [2.75, 3.05) is 6.54 Å². The van der Waals surface area contributed by atoms with Gasteiger partial charge in [-0.15, -0.1) is 0 Å². The maximum Gasteiger partial charge on any atom is 0.408 e. The van der Waals surface area contributed by atoms with E-state index < -0.39 is 23.6 Å². The number of primary amides is 1. The Hall–Kier alpha value is -4.14. The third kappa shape index (κ3) is 5.25. The number of nitrogens with one attached hydrogen (secondary N) is 2. The number of ether oxygens (including phenoxy) is 1. The van der Waals surface area contributed by atoms with Crippen LogP contribution >= 0.6 is 0 Å². The fourth-order valence-corrected chi connectivity index (χ4v) is 4.28. The van der Waals surface area contributed by atoms with Gasteiger partial charge in [-0.3, -0.25) is 9.59 Å². The molecule has 1 aromatic heterocycles. The zero-order valence-electron chi connectivity index (χ0n) is 18.6. The van der Waals surface area contributed by atoms with E-state index in [-0.39, 0.29) is 31.9 Å². The molecule has 2 unspecified atom stereocenters. The van der Waals surface area contributed by atoms with Crippen LogP contribution in [0.25, 0.3) is 0 Å². The van der Waals surface area contributed by atoms with Crippen molar-refractivity contribution >= 4 is 17.9 Å². The lowest BCUT2D eigenvalue weighted by molar-refractivity contribution is -0.139. The van der Waals surface area contributed by atoms with Gasteiger partial charge in [-0.05, 0) is 17.5 Å². The predicted octanol–water partition coefficient (Wildman–Crippen LogP) is 1.95. The van der Waals surface area contributed by atoms with Gasteiger partial charge in [0.2, 0.25) is 11.8 Å². The van der Waals surface area contributed by atoms with Crippen LogP contribution in [0, 0.1) is 0 Å². The van der Waals surface area contributed by atoms with E-state index in [4.69, 9.17) is 10.5 Å². The lowest BCUT2D eigenvalue weighted by Crippen LogP contribution is -2.58. The number of nitrogens with two attached hydrogens (primary N) is 1. The van der Waals surface area contributed by atoms with E-state index in [1.807, 2.05) is 60.7 Å². The standard InChI is InChI=1S/C25H27N5O4/c26-22(31)21(13-20-15-27-17-28-20)30-12-11-25(23(30)32,14-18-7-3-1-4-8-18)29-24(33)34-16-19-9-5-2-6-10-19/h1-10,15,17,21H,11-14,16H2,(H2,26,31)(H,27,28)(H,29,33). The molecule has 0 spiro atoms. The van der Waals surface area contributed by atoms with Crippen LogP contribution in [0.15, 0.2) is 73.2 Å². The molecule has 1 aliphatic rings. The summed E-state index contributed by atoms with van der Waals surface area (Å²) in [4.78, 5) is 47.2. The first-order valence-corrected chi connectivity index (χ1v) is 11.1. The molecule has 9 nitrogen and oxygen atoms in total. The first-order chi connectivity index (χ1) is 16.5. The van der Waals surface area contributed by atoms with Gasteiger partial charge in [-0.25, -0.2) is 9.78 Å². The molecule has 3 aromatic rings. The molecular formula is C25H27N5O4. The van der Waals surface area contributed by atoms with Crippen molar-refractivity contribution in [1.82, 2.24) is 20.2 Å². The molecule has 176 valence electrons. The Kier molecular flexibility index (Phi) is 6.91. The highest BCUT2D eigenvalue weighted by atomic mass is 16.5. The van der Waals surface area contributed by atoms with Gasteiger partial charge in [0, 0.05) is 25.6 Å². The first-order valence-electron chi connectivity index (χ1n) is 11.1. The molecule has 1 aliphatic heterocycles. The second-order valence-electron chi connectivity index (χ2n) is 8.36. The summed E-state index contributed by atoms with van der Waals surface area (Å²) in [6.07, 6.45) is 3.22. The Balaban J connectivity index is 1.54. The summed E-state index contributed by atoms with van der Waals surface area (Å²) < 4.78 is 5.40. The Morgan fingerprint density at radius 1 is 1.12 bits per heavy atom. The summed E-state index contributed by atoms with van der Waals surface area (Å²) in [7, 11) is 0. The third-order valence-electron chi connectivity index (χ3n) is 6.01.